The zero-order chi connectivity index (χ0) is 9.97. The Kier molecular flexibility index (Phi) is 2.35. The molecule has 1 aromatic rings. The molecular formula is C12H13NO. The fraction of sp³-hybridized carbons (Fsp3) is 0.250. The molecule has 0 spiro atoms. The van der Waals surface area contributed by atoms with Crippen LogP contribution in [0.5, 0.6) is 5.75 Å². The quantitative estimate of drug-likeness (QED) is 0.709. The van der Waals surface area contributed by atoms with Crippen LogP contribution in [0.2, 0.25) is 0 Å². The lowest BCUT2D eigenvalue weighted by Gasteiger charge is -2.08. The van der Waals surface area contributed by atoms with Gasteiger partial charge in [0, 0.05) is 12.4 Å². The summed E-state index contributed by atoms with van der Waals surface area (Å²) < 4.78 is 5.74. The molecule has 1 aromatic heterocycles. The molecule has 1 aliphatic carbocycles. The van der Waals surface area contributed by atoms with Crippen molar-refractivity contribution in [3.8, 4) is 5.75 Å². The summed E-state index contributed by atoms with van der Waals surface area (Å²) in [6, 6.07) is 3.71. The molecule has 1 heterocycles. The SMILES string of the molecule is C=C1CCC(C)=C1Oc1ccncc1. The summed E-state index contributed by atoms with van der Waals surface area (Å²) in [6.45, 7) is 6.08. The highest BCUT2D eigenvalue weighted by molar-refractivity contribution is 5.37. The molecule has 0 unspecified atom stereocenters. The van der Waals surface area contributed by atoms with Gasteiger partial charge < -0.3 is 4.74 Å². The molecule has 72 valence electrons. The van der Waals surface area contributed by atoms with Crippen LogP contribution in [-0.2, 0) is 0 Å². The van der Waals surface area contributed by atoms with Gasteiger partial charge in [0.25, 0.3) is 0 Å². The van der Waals surface area contributed by atoms with Gasteiger partial charge in [-0.2, -0.15) is 0 Å². The van der Waals surface area contributed by atoms with E-state index in [2.05, 4.69) is 18.5 Å². The summed E-state index contributed by atoms with van der Waals surface area (Å²) in [5, 5.41) is 0. The molecule has 0 aromatic carbocycles. The molecule has 0 fully saturated rings. The largest absolute Gasteiger partial charge is 0.457 e. The average molecular weight is 187 g/mol. The second-order valence-electron chi connectivity index (χ2n) is 3.50. The van der Waals surface area contributed by atoms with Gasteiger partial charge in [-0.1, -0.05) is 6.58 Å². The van der Waals surface area contributed by atoms with E-state index in [-0.39, 0.29) is 0 Å². The monoisotopic (exact) mass is 187 g/mol. The van der Waals surface area contributed by atoms with E-state index in [9.17, 15) is 0 Å². The third-order valence-corrected chi connectivity index (χ3v) is 2.38. The lowest BCUT2D eigenvalue weighted by molar-refractivity contribution is 0.434. The smallest absolute Gasteiger partial charge is 0.130 e. The third kappa shape index (κ3) is 1.69. The van der Waals surface area contributed by atoms with E-state index in [1.165, 1.54) is 5.57 Å². The van der Waals surface area contributed by atoms with Crippen LogP contribution in [0, 0.1) is 0 Å². The van der Waals surface area contributed by atoms with Gasteiger partial charge in [0.15, 0.2) is 0 Å². The van der Waals surface area contributed by atoms with Gasteiger partial charge in [-0.3, -0.25) is 4.98 Å². The molecule has 0 saturated carbocycles. The van der Waals surface area contributed by atoms with Crippen molar-refractivity contribution in [2.75, 3.05) is 0 Å². The lowest BCUT2D eigenvalue weighted by atomic mass is 10.2. The van der Waals surface area contributed by atoms with E-state index in [0.717, 1.165) is 29.9 Å². The van der Waals surface area contributed by atoms with Crippen molar-refractivity contribution < 1.29 is 4.74 Å². The Morgan fingerprint density at radius 1 is 1.29 bits per heavy atom. The molecule has 1 aliphatic rings. The highest BCUT2D eigenvalue weighted by atomic mass is 16.5. The maximum absolute atomic E-state index is 5.74. The minimum Gasteiger partial charge on any atom is -0.457 e. The number of hydrogen-bond donors (Lipinski definition) is 0. The number of nitrogens with zero attached hydrogens (tertiary/aromatic N) is 1. The van der Waals surface area contributed by atoms with Gasteiger partial charge in [-0.15, -0.1) is 0 Å². The first-order valence-electron chi connectivity index (χ1n) is 4.73. The van der Waals surface area contributed by atoms with Crippen LogP contribution in [0.4, 0.5) is 0 Å². The normalized spacial score (nSPS) is 16.2. The predicted octanol–water partition coefficient (Wildman–Crippen LogP) is 3.08. The van der Waals surface area contributed by atoms with Crippen LogP contribution in [-0.4, -0.2) is 4.98 Å². The van der Waals surface area contributed by atoms with Gasteiger partial charge in [0.2, 0.25) is 0 Å². The third-order valence-electron chi connectivity index (χ3n) is 2.38. The summed E-state index contributed by atoms with van der Waals surface area (Å²) >= 11 is 0. The molecule has 2 nitrogen and oxygen atoms in total. The first kappa shape index (κ1) is 9.00. The Balaban J connectivity index is 2.19. The van der Waals surface area contributed by atoms with Gasteiger partial charge in [-0.05, 0) is 43.0 Å². The summed E-state index contributed by atoms with van der Waals surface area (Å²) in [4.78, 5) is 3.94. The second-order valence-corrected chi connectivity index (χ2v) is 3.50. The molecule has 0 saturated heterocycles. The Bertz CT molecular complexity index is 379. The van der Waals surface area contributed by atoms with Crippen LogP contribution < -0.4 is 4.74 Å². The number of ether oxygens (including phenoxy) is 1. The fourth-order valence-electron chi connectivity index (χ4n) is 1.55. The summed E-state index contributed by atoms with van der Waals surface area (Å²) in [7, 11) is 0. The minimum atomic E-state index is 0.831. The molecular weight excluding hydrogens is 174 g/mol. The number of rotatable bonds is 2. The molecule has 2 rings (SSSR count). The van der Waals surface area contributed by atoms with Crippen molar-refractivity contribution in [2.45, 2.75) is 19.8 Å². The lowest BCUT2D eigenvalue weighted by Crippen LogP contribution is -1.95. The van der Waals surface area contributed by atoms with Crippen LogP contribution in [0.15, 0.2) is 48.0 Å². The highest BCUT2D eigenvalue weighted by Gasteiger charge is 2.16. The molecule has 0 atom stereocenters. The maximum atomic E-state index is 5.74. The van der Waals surface area contributed by atoms with Crippen molar-refractivity contribution in [2.24, 2.45) is 0 Å². The van der Waals surface area contributed by atoms with E-state index in [1.54, 1.807) is 12.4 Å². The molecule has 0 aliphatic heterocycles. The van der Waals surface area contributed by atoms with Crippen LogP contribution >= 0.6 is 0 Å². The molecule has 2 heteroatoms. The standard InChI is InChI=1S/C12H13NO/c1-9-3-4-10(2)12(9)14-11-5-7-13-8-6-11/h5-8H,1,3-4H2,2H3. The van der Waals surface area contributed by atoms with E-state index in [4.69, 9.17) is 4.74 Å². The van der Waals surface area contributed by atoms with Gasteiger partial charge in [0.05, 0.1) is 0 Å². The zero-order valence-corrected chi connectivity index (χ0v) is 8.29. The van der Waals surface area contributed by atoms with Crippen molar-refractivity contribution in [3.05, 3.63) is 48.0 Å². The van der Waals surface area contributed by atoms with E-state index >= 15 is 0 Å². The van der Waals surface area contributed by atoms with E-state index < -0.39 is 0 Å². The van der Waals surface area contributed by atoms with Crippen LogP contribution in [0.25, 0.3) is 0 Å². The molecule has 0 amide bonds. The molecule has 0 radical (unpaired) electrons. The van der Waals surface area contributed by atoms with Crippen LogP contribution in [0.3, 0.4) is 0 Å². The number of hydrogen-bond acceptors (Lipinski definition) is 2. The maximum Gasteiger partial charge on any atom is 0.130 e. The second kappa shape index (κ2) is 3.66. The van der Waals surface area contributed by atoms with Crippen molar-refractivity contribution >= 4 is 0 Å². The Morgan fingerprint density at radius 2 is 2.00 bits per heavy atom. The summed E-state index contributed by atoms with van der Waals surface area (Å²) in [6.07, 6.45) is 5.54. The van der Waals surface area contributed by atoms with E-state index in [0.29, 0.717) is 0 Å². The highest BCUT2D eigenvalue weighted by Crippen LogP contribution is 2.31. The molecule has 0 N–H and O–H groups in total. The van der Waals surface area contributed by atoms with Crippen molar-refractivity contribution in [3.63, 3.8) is 0 Å². The number of pyridine rings is 1. The number of aromatic nitrogens is 1. The Hall–Kier alpha value is -1.57. The Morgan fingerprint density at radius 3 is 2.57 bits per heavy atom. The topological polar surface area (TPSA) is 22.1 Å². The van der Waals surface area contributed by atoms with Gasteiger partial charge in [-0.25, -0.2) is 0 Å². The predicted molar refractivity (Wildman–Crippen MR) is 55.9 cm³/mol. The summed E-state index contributed by atoms with van der Waals surface area (Å²) in [5.74, 6) is 1.79. The van der Waals surface area contributed by atoms with Gasteiger partial charge in [0.1, 0.15) is 11.5 Å². The first-order valence-corrected chi connectivity index (χ1v) is 4.73. The van der Waals surface area contributed by atoms with Crippen molar-refractivity contribution in [1.29, 1.82) is 0 Å². The average Bonchev–Trinajstić information content (AvgIpc) is 2.51. The van der Waals surface area contributed by atoms with Crippen LogP contribution in [0.1, 0.15) is 19.8 Å². The Labute approximate surface area is 83.9 Å². The fourth-order valence-corrected chi connectivity index (χ4v) is 1.55. The van der Waals surface area contributed by atoms with E-state index in [1.807, 2.05) is 12.1 Å². The zero-order valence-electron chi connectivity index (χ0n) is 8.29. The van der Waals surface area contributed by atoms with Crippen molar-refractivity contribution in [1.82, 2.24) is 4.98 Å². The minimum absolute atomic E-state index is 0.831. The molecule has 0 bridgehead atoms. The number of allylic oxidation sites excluding steroid dienone is 2. The van der Waals surface area contributed by atoms with Gasteiger partial charge >= 0.3 is 0 Å². The molecule has 14 heavy (non-hydrogen) atoms. The first-order chi connectivity index (χ1) is 6.77. The summed E-state index contributed by atoms with van der Waals surface area (Å²) in [5.41, 5.74) is 2.38.